The van der Waals surface area contributed by atoms with E-state index in [0.717, 1.165) is 32.1 Å². The molecule has 0 aromatic rings. The van der Waals surface area contributed by atoms with Gasteiger partial charge in [-0.15, -0.1) is 0 Å². The molecule has 0 heterocycles. The molecule has 4 nitrogen and oxygen atoms in total. The van der Waals surface area contributed by atoms with E-state index >= 15 is 0 Å². The molecule has 0 aromatic carbocycles. The third-order valence-corrected chi connectivity index (χ3v) is 5.26. The van der Waals surface area contributed by atoms with Gasteiger partial charge in [0.15, 0.2) is 0 Å². The maximum absolute atomic E-state index is 11.3. The quantitative estimate of drug-likeness (QED) is 0.290. The van der Waals surface area contributed by atoms with Gasteiger partial charge in [0.1, 0.15) is 0 Å². The van der Waals surface area contributed by atoms with Crippen molar-refractivity contribution < 1.29 is 47.6 Å². The smallest absolute Gasteiger partial charge is 0.748 e. The Bertz CT molecular complexity index is 333. The first-order valence-corrected chi connectivity index (χ1v) is 10.0. The van der Waals surface area contributed by atoms with Crippen molar-refractivity contribution in [3.8, 4) is 0 Å². The maximum atomic E-state index is 11.3. The van der Waals surface area contributed by atoms with Crippen LogP contribution in [0, 0.1) is 0 Å². The van der Waals surface area contributed by atoms with Crippen LogP contribution in [0.5, 0.6) is 0 Å². The van der Waals surface area contributed by atoms with Crippen molar-refractivity contribution >= 4 is 10.1 Å². The van der Waals surface area contributed by atoms with Crippen LogP contribution in [0.15, 0.2) is 0 Å². The molecule has 22 heavy (non-hydrogen) atoms. The van der Waals surface area contributed by atoms with Crippen LogP contribution in [0.4, 0.5) is 0 Å². The minimum atomic E-state index is -4.20. The average molecular weight is 344 g/mol. The molecule has 0 rings (SSSR count). The van der Waals surface area contributed by atoms with Crippen molar-refractivity contribution in [2.45, 2.75) is 102 Å². The first kappa shape index (κ1) is 25.1. The zero-order valence-corrected chi connectivity index (χ0v) is 17.5. The Hall–Kier alpha value is 0.870. The molecule has 0 amide bonds. The van der Waals surface area contributed by atoms with Gasteiger partial charge < -0.3 is 9.66 Å². The van der Waals surface area contributed by atoms with Crippen LogP contribution in [-0.2, 0) is 10.1 Å². The Morgan fingerprint density at radius 3 is 1.91 bits per heavy atom. The third kappa shape index (κ3) is 14.5. The molecule has 0 bridgehead atoms. The van der Waals surface area contributed by atoms with Gasteiger partial charge in [0.2, 0.25) is 0 Å². The summed E-state index contributed by atoms with van der Waals surface area (Å²) in [5.74, 6) is 0. The Labute approximate surface area is 159 Å². The Kier molecular flexibility index (Phi) is 17.6. The summed E-state index contributed by atoms with van der Waals surface area (Å²) >= 11 is 0. The molecule has 6 heteroatoms. The number of aliphatic hydroxyl groups excluding tert-OH is 1. The van der Waals surface area contributed by atoms with Crippen molar-refractivity contribution in [3.05, 3.63) is 0 Å². The van der Waals surface area contributed by atoms with Crippen LogP contribution in [0.3, 0.4) is 0 Å². The number of rotatable bonds is 14. The summed E-state index contributed by atoms with van der Waals surface area (Å²) in [4.78, 5) is 0. The van der Waals surface area contributed by atoms with E-state index in [4.69, 9.17) is 0 Å². The number of aliphatic hydroxyl groups is 1. The van der Waals surface area contributed by atoms with Crippen molar-refractivity contribution in [1.29, 1.82) is 0 Å². The summed E-state index contributed by atoms with van der Waals surface area (Å²) in [5.41, 5.74) is 0. The van der Waals surface area contributed by atoms with E-state index in [-0.39, 0.29) is 35.7 Å². The Morgan fingerprint density at radius 1 is 0.818 bits per heavy atom. The van der Waals surface area contributed by atoms with Crippen LogP contribution < -0.4 is 29.6 Å². The molecule has 0 aliphatic rings. The fourth-order valence-corrected chi connectivity index (χ4v) is 3.55. The van der Waals surface area contributed by atoms with Crippen molar-refractivity contribution in [2.75, 3.05) is 0 Å². The van der Waals surface area contributed by atoms with Gasteiger partial charge in [-0.3, -0.25) is 0 Å². The number of unbranched alkanes of at least 4 members (excludes halogenated alkanes) is 5. The van der Waals surface area contributed by atoms with Crippen molar-refractivity contribution in [1.82, 2.24) is 0 Å². The zero-order chi connectivity index (χ0) is 16.1. The van der Waals surface area contributed by atoms with E-state index in [1.807, 2.05) is 6.92 Å². The summed E-state index contributed by atoms with van der Waals surface area (Å²) in [6.45, 7) is 4.17. The fraction of sp³-hybridized carbons (Fsp3) is 1.00. The summed E-state index contributed by atoms with van der Waals surface area (Å²) in [5, 5.41) is 8.87. The summed E-state index contributed by atoms with van der Waals surface area (Å²) in [6.07, 6.45) is 9.91. The van der Waals surface area contributed by atoms with Crippen LogP contribution >= 0.6 is 0 Å². The van der Waals surface area contributed by atoms with Gasteiger partial charge in [0.05, 0.1) is 16.2 Å². The van der Waals surface area contributed by atoms with E-state index in [1.165, 1.54) is 19.3 Å². The van der Waals surface area contributed by atoms with E-state index in [2.05, 4.69) is 6.92 Å². The summed E-state index contributed by atoms with van der Waals surface area (Å²) < 4.78 is 33.8. The summed E-state index contributed by atoms with van der Waals surface area (Å²) in [6, 6.07) is 0. The van der Waals surface area contributed by atoms with Crippen LogP contribution in [0.2, 0.25) is 0 Å². The second kappa shape index (κ2) is 15.4. The van der Waals surface area contributed by atoms with E-state index < -0.39 is 15.4 Å². The zero-order valence-electron chi connectivity index (χ0n) is 14.7. The van der Waals surface area contributed by atoms with Gasteiger partial charge in [0.25, 0.3) is 0 Å². The third-order valence-electron chi connectivity index (χ3n) is 3.97. The maximum Gasteiger partial charge on any atom is 1.00 e. The van der Waals surface area contributed by atoms with Gasteiger partial charge in [0, 0.05) is 5.25 Å². The molecule has 0 fully saturated rings. The number of hydrogen-bond donors (Lipinski definition) is 1. The molecule has 0 saturated carbocycles. The predicted molar refractivity (Wildman–Crippen MR) is 86.2 cm³/mol. The monoisotopic (exact) mass is 344 g/mol. The largest absolute Gasteiger partial charge is 1.00 e. The van der Waals surface area contributed by atoms with Gasteiger partial charge in [-0.05, 0) is 32.1 Å². The average Bonchev–Trinajstić information content (AvgIpc) is 2.39. The minimum Gasteiger partial charge on any atom is -0.748 e. The summed E-state index contributed by atoms with van der Waals surface area (Å²) in [7, 11) is -4.20. The first-order chi connectivity index (χ1) is 9.91. The Morgan fingerprint density at radius 2 is 1.36 bits per heavy atom. The first-order valence-electron chi connectivity index (χ1n) is 8.54. The van der Waals surface area contributed by atoms with Gasteiger partial charge >= 0.3 is 29.6 Å². The fourth-order valence-electron chi connectivity index (χ4n) is 2.64. The molecule has 0 aliphatic carbocycles. The van der Waals surface area contributed by atoms with Gasteiger partial charge in [-0.25, -0.2) is 8.42 Å². The minimum absolute atomic E-state index is 0. The van der Waals surface area contributed by atoms with Crippen molar-refractivity contribution in [2.24, 2.45) is 0 Å². The SMILES string of the molecule is CCCCCCCCC(CCCC(O)CCC)S(=O)(=O)[O-].[Na+]. The standard InChI is InChI=1S/C16H34O4S.Na/c1-3-5-6-7-8-9-13-16(21(18,19)20)14-10-12-15(17)11-4-2;/h15-17H,3-14H2,1-2H3,(H,18,19,20);/q;+1/p-1. The molecule has 0 aromatic heterocycles. The molecule has 0 aliphatic heterocycles. The molecular weight excluding hydrogens is 311 g/mol. The molecule has 0 spiro atoms. The van der Waals surface area contributed by atoms with Crippen molar-refractivity contribution in [3.63, 3.8) is 0 Å². The molecule has 0 saturated heterocycles. The molecule has 2 atom stereocenters. The molecular formula is C16H33NaO4S. The predicted octanol–water partition coefficient (Wildman–Crippen LogP) is 0.986. The molecule has 0 radical (unpaired) electrons. The van der Waals surface area contributed by atoms with Gasteiger partial charge in [-0.1, -0.05) is 58.8 Å². The van der Waals surface area contributed by atoms with Crippen LogP contribution in [-0.4, -0.2) is 29.4 Å². The van der Waals surface area contributed by atoms with E-state index in [9.17, 15) is 18.1 Å². The van der Waals surface area contributed by atoms with E-state index in [1.54, 1.807) is 0 Å². The second-order valence-corrected chi connectivity index (χ2v) is 7.70. The van der Waals surface area contributed by atoms with Gasteiger partial charge in [-0.2, -0.15) is 0 Å². The van der Waals surface area contributed by atoms with Crippen LogP contribution in [0.1, 0.15) is 90.9 Å². The molecule has 1 N–H and O–H groups in total. The Balaban J connectivity index is 0. The number of hydrogen-bond acceptors (Lipinski definition) is 4. The normalized spacial score (nSPS) is 14.4. The molecule has 2 unspecified atom stereocenters. The topological polar surface area (TPSA) is 77.4 Å². The van der Waals surface area contributed by atoms with E-state index in [0.29, 0.717) is 25.7 Å². The van der Waals surface area contributed by atoms with Crippen LogP contribution in [0.25, 0.3) is 0 Å². The molecule has 128 valence electrons. The second-order valence-electron chi connectivity index (χ2n) is 6.04.